The lowest BCUT2D eigenvalue weighted by Gasteiger charge is -2.31. The molecule has 2 aliphatic rings. The fourth-order valence-corrected chi connectivity index (χ4v) is 2.66. The molecule has 0 saturated carbocycles. The number of carboxylic acids is 1. The van der Waals surface area contributed by atoms with Crippen LogP contribution in [0.5, 0.6) is 0 Å². The molecule has 2 aliphatic heterocycles. The molecular formula is C11H18N2O3. The van der Waals surface area contributed by atoms with Crippen molar-refractivity contribution in [2.45, 2.75) is 44.2 Å². The van der Waals surface area contributed by atoms with Crippen molar-refractivity contribution < 1.29 is 14.7 Å². The van der Waals surface area contributed by atoms with Crippen LogP contribution < -0.4 is 5.32 Å². The Balaban J connectivity index is 2.12. The molecule has 5 heteroatoms. The molecule has 0 aromatic rings. The van der Waals surface area contributed by atoms with Gasteiger partial charge in [-0.1, -0.05) is 0 Å². The SMILES string of the molecule is CC1(C(=O)N2CCC[C@@H]2C(=O)O)CCCN1. The van der Waals surface area contributed by atoms with Gasteiger partial charge in [0.15, 0.2) is 0 Å². The summed E-state index contributed by atoms with van der Waals surface area (Å²) in [6.07, 6.45) is 3.15. The summed E-state index contributed by atoms with van der Waals surface area (Å²) in [7, 11) is 0. The first-order valence-electron chi connectivity index (χ1n) is 5.83. The second-order valence-electron chi connectivity index (χ2n) is 4.86. The Morgan fingerprint density at radius 2 is 2.19 bits per heavy atom. The number of carboxylic acid groups (broad SMARTS) is 1. The summed E-state index contributed by atoms with van der Waals surface area (Å²) in [5.41, 5.74) is -0.544. The van der Waals surface area contributed by atoms with Crippen molar-refractivity contribution in [3.63, 3.8) is 0 Å². The molecule has 0 spiro atoms. The molecule has 90 valence electrons. The summed E-state index contributed by atoms with van der Waals surface area (Å²) in [6.45, 7) is 3.29. The zero-order valence-electron chi connectivity index (χ0n) is 9.53. The third-order valence-electron chi connectivity index (χ3n) is 3.64. The minimum Gasteiger partial charge on any atom is -0.480 e. The predicted molar refractivity (Wildman–Crippen MR) is 58.0 cm³/mol. The summed E-state index contributed by atoms with van der Waals surface area (Å²) < 4.78 is 0. The Morgan fingerprint density at radius 3 is 2.75 bits per heavy atom. The van der Waals surface area contributed by atoms with Gasteiger partial charge in [-0.05, 0) is 39.2 Å². The molecule has 1 amide bonds. The van der Waals surface area contributed by atoms with Crippen LogP contribution in [-0.4, -0.2) is 46.6 Å². The van der Waals surface area contributed by atoms with Crippen LogP contribution in [0.1, 0.15) is 32.6 Å². The number of nitrogens with zero attached hydrogens (tertiary/aromatic N) is 1. The molecule has 2 atom stereocenters. The van der Waals surface area contributed by atoms with Crippen LogP contribution in [0, 0.1) is 0 Å². The average molecular weight is 226 g/mol. The fraction of sp³-hybridized carbons (Fsp3) is 0.818. The van der Waals surface area contributed by atoms with E-state index in [0.29, 0.717) is 13.0 Å². The van der Waals surface area contributed by atoms with Gasteiger partial charge in [0.05, 0.1) is 5.54 Å². The smallest absolute Gasteiger partial charge is 0.326 e. The van der Waals surface area contributed by atoms with Crippen molar-refractivity contribution in [2.24, 2.45) is 0 Å². The Labute approximate surface area is 94.8 Å². The monoisotopic (exact) mass is 226 g/mol. The quantitative estimate of drug-likeness (QED) is 0.706. The first kappa shape index (κ1) is 11.4. The van der Waals surface area contributed by atoms with Gasteiger partial charge in [0.2, 0.25) is 5.91 Å². The number of carbonyl (C=O) groups is 2. The lowest BCUT2D eigenvalue weighted by atomic mass is 9.98. The van der Waals surface area contributed by atoms with E-state index >= 15 is 0 Å². The second kappa shape index (κ2) is 4.05. The second-order valence-corrected chi connectivity index (χ2v) is 4.86. The fourth-order valence-electron chi connectivity index (χ4n) is 2.66. The van der Waals surface area contributed by atoms with Gasteiger partial charge < -0.3 is 15.3 Å². The minimum absolute atomic E-state index is 0.0464. The van der Waals surface area contributed by atoms with E-state index in [4.69, 9.17) is 5.11 Å². The van der Waals surface area contributed by atoms with Crippen LogP contribution in [0.25, 0.3) is 0 Å². The molecule has 0 bridgehead atoms. The zero-order valence-corrected chi connectivity index (χ0v) is 9.53. The van der Waals surface area contributed by atoms with E-state index in [1.807, 2.05) is 6.92 Å². The van der Waals surface area contributed by atoms with Crippen molar-refractivity contribution >= 4 is 11.9 Å². The van der Waals surface area contributed by atoms with E-state index in [9.17, 15) is 9.59 Å². The molecule has 1 unspecified atom stereocenters. The molecule has 0 radical (unpaired) electrons. The lowest BCUT2D eigenvalue weighted by Crippen LogP contribution is -2.55. The number of amides is 1. The highest BCUT2D eigenvalue weighted by Crippen LogP contribution is 2.26. The molecule has 0 aromatic heterocycles. The van der Waals surface area contributed by atoms with Crippen molar-refractivity contribution in [3.8, 4) is 0 Å². The van der Waals surface area contributed by atoms with Crippen LogP contribution in [0.3, 0.4) is 0 Å². The van der Waals surface area contributed by atoms with Crippen LogP contribution in [0.4, 0.5) is 0 Å². The predicted octanol–water partition coefficient (Wildman–Crippen LogP) is 0.204. The number of nitrogens with one attached hydrogen (secondary N) is 1. The third-order valence-corrected chi connectivity index (χ3v) is 3.64. The van der Waals surface area contributed by atoms with E-state index in [2.05, 4.69) is 5.32 Å². The number of hydrogen-bond donors (Lipinski definition) is 2. The molecule has 2 fully saturated rings. The van der Waals surface area contributed by atoms with Crippen molar-refractivity contribution in [1.29, 1.82) is 0 Å². The van der Waals surface area contributed by atoms with Gasteiger partial charge in [-0.15, -0.1) is 0 Å². The highest BCUT2D eigenvalue weighted by atomic mass is 16.4. The van der Waals surface area contributed by atoms with Gasteiger partial charge in [0.1, 0.15) is 6.04 Å². The van der Waals surface area contributed by atoms with Crippen LogP contribution >= 0.6 is 0 Å². The first-order valence-corrected chi connectivity index (χ1v) is 5.83. The van der Waals surface area contributed by atoms with Gasteiger partial charge in [0, 0.05) is 6.54 Å². The molecule has 0 aliphatic carbocycles. The van der Waals surface area contributed by atoms with Crippen molar-refractivity contribution in [2.75, 3.05) is 13.1 Å². The summed E-state index contributed by atoms with van der Waals surface area (Å²) in [5, 5.41) is 12.2. The molecule has 5 nitrogen and oxygen atoms in total. The van der Waals surface area contributed by atoms with Gasteiger partial charge in [-0.25, -0.2) is 4.79 Å². The average Bonchev–Trinajstić information content (AvgIpc) is 2.85. The van der Waals surface area contributed by atoms with Gasteiger partial charge in [0.25, 0.3) is 0 Å². The molecule has 2 N–H and O–H groups in total. The van der Waals surface area contributed by atoms with Gasteiger partial charge in [-0.3, -0.25) is 4.79 Å². The Kier molecular flexibility index (Phi) is 2.88. The van der Waals surface area contributed by atoms with Crippen LogP contribution in [-0.2, 0) is 9.59 Å². The van der Waals surface area contributed by atoms with E-state index in [0.717, 1.165) is 25.8 Å². The Morgan fingerprint density at radius 1 is 1.44 bits per heavy atom. The minimum atomic E-state index is -0.882. The zero-order chi connectivity index (χ0) is 11.8. The van der Waals surface area contributed by atoms with E-state index < -0.39 is 17.6 Å². The standard InChI is InChI=1S/C11H18N2O3/c1-11(5-3-6-12-11)10(16)13-7-2-4-8(13)9(14)15/h8,12H,2-7H2,1H3,(H,14,15)/t8-,11?/m1/s1. The molecular weight excluding hydrogens is 208 g/mol. The van der Waals surface area contributed by atoms with Crippen molar-refractivity contribution in [3.05, 3.63) is 0 Å². The van der Waals surface area contributed by atoms with Gasteiger partial charge >= 0.3 is 5.97 Å². The lowest BCUT2D eigenvalue weighted by molar-refractivity contribution is -0.150. The highest BCUT2D eigenvalue weighted by molar-refractivity contribution is 5.90. The topological polar surface area (TPSA) is 69.6 Å². The largest absolute Gasteiger partial charge is 0.480 e. The summed E-state index contributed by atoms with van der Waals surface area (Å²) in [5.74, 6) is -0.928. The van der Waals surface area contributed by atoms with Crippen LogP contribution in [0.15, 0.2) is 0 Å². The first-order chi connectivity index (χ1) is 7.54. The molecule has 2 rings (SSSR count). The summed E-state index contributed by atoms with van der Waals surface area (Å²) in [6, 6.07) is -0.619. The maximum absolute atomic E-state index is 12.3. The Bertz CT molecular complexity index is 310. The van der Waals surface area contributed by atoms with E-state index in [-0.39, 0.29) is 5.91 Å². The summed E-state index contributed by atoms with van der Waals surface area (Å²) in [4.78, 5) is 24.8. The summed E-state index contributed by atoms with van der Waals surface area (Å²) >= 11 is 0. The number of likely N-dealkylation sites (tertiary alicyclic amines) is 1. The number of carbonyl (C=O) groups excluding carboxylic acids is 1. The number of aliphatic carboxylic acids is 1. The Hall–Kier alpha value is -1.10. The van der Waals surface area contributed by atoms with E-state index in [1.54, 1.807) is 0 Å². The van der Waals surface area contributed by atoms with E-state index in [1.165, 1.54) is 4.90 Å². The number of hydrogen-bond acceptors (Lipinski definition) is 3. The molecule has 0 aromatic carbocycles. The highest BCUT2D eigenvalue weighted by Gasteiger charge is 2.44. The molecule has 2 heterocycles. The maximum atomic E-state index is 12.3. The van der Waals surface area contributed by atoms with Gasteiger partial charge in [-0.2, -0.15) is 0 Å². The normalized spacial score (nSPS) is 34.3. The third kappa shape index (κ3) is 1.80. The molecule has 2 saturated heterocycles. The number of rotatable bonds is 2. The van der Waals surface area contributed by atoms with Crippen LogP contribution in [0.2, 0.25) is 0 Å². The maximum Gasteiger partial charge on any atom is 0.326 e. The van der Waals surface area contributed by atoms with Crippen molar-refractivity contribution in [1.82, 2.24) is 10.2 Å². The molecule has 16 heavy (non-hydrogen) atoms.